The number of hydrogen-bond acceptors (Lipinski definition) is 5. The summed E-state index contributed by atoms with van der Waals surface area (Å²) in [7, 11) is 0. The van der Waals surface area contributed by atoms with Crippen molar-refractivity contribution < 1.29 is 10.3 Å². The Bertz CT molecular complexity index is 168. The Morgan fingerprint density at radius 3 is 2.89 bits per heavy atom. The highest BCUT2D eigenvalue weighted by Gasteiger charge is 2.14. The molecule has 1 aliphatic heterocycles. The summed E-state index contributed by atoms with van der Waals surface area (Å²) in [6.07, 6.45) is 2.65. The van der Waals surface area contributed by atoms with Crippen molar-refractivity contribution >= 4 is 18.8 Å². The number of hydrogen-bond donors (Lipinski definition) is 3. The van der Waals surface area contributed by atoms with Crippen LogP contribution in [0.1, 0.15) is 0 Å². The van der Waals surface area contributed by atoms with E-state index in [9.17, 15) is 0 Å². The number of rotatable bonds is 0. The van der Waals surface area contributed by atoms with Crippen molar-refractivity contribution in [3.63, 3.8) is 0 Å². The monoisotopic (exact) mass is 146 g/mol. The molecule has 1 aliphatic rings. The summed E-state index contributed by atoms with van der Waals surface area (Å²) in [6, 6.07) is 0. The predicted octanol–water partition coefficient (Wildman–Crippen LogP) is 0.375. The van der Waals surface area contributed by atoms with Crippen molar-refractivity contribution in [2.45, 2.75) is 5.50 Å². The number of aliphatic hydroxyl groups is 1. The lowest BCUT2D eigenvalue weighted by Gasteiger charge is -2.20. The summed E-state index contributed by atoms with van der Waals surface area (Å²) >= 11 is 3.79. The number of aliphatic hydroxyl groups excluding tert-OH is 1. The van der Waals surface area contributed by atoms with Gasteiger partial charge in [0.25, 0.3) is 0 Å². The van der Waals surface area contributed by atoms with E-state index in [1.165, 1.54) is 12.3 Å². The number of aliphatic imine (C=N–C) groups is 1. The summed E-state index contributed by atoms with van der Waals surface area (Å²) < 4.78 is 0. The molecule has 1 atom stereocenters. The standard InChI is InChI=1S/C4H6N2O2S/c7-3-1-2-5-4(9)6(3)8/h1-2,4,7-9H. The molecule has 0 spiro atoms. The molecule has 1 unspecified atom stereocenters. The predicted molar refractivity (Wildman–Crippen MR) is 35.6 cm³/mol. The summed E-state index contributed by atoms with van der Waals surface area (Å²) in [6.45, 7) is 0. The van der Waals surface area contributed by atoms with E-state index in [1.54, 1.807) is 0 Å². The summed E-state index contributed by atoms with van der Waals surface area (Å²) in [4.78, 5) is 3.64. The molecule has 0 saturated heterocycles. The molecule has 0 aromatic carbocycles. The van der Waals surface area contributed by atoms with Gasteiger partial charge in [0.05, 0.1) is 0 Å². The third kappa shape index (κ3) is 1.17. The van der Waals surface area contributed by atoms with Crippen molar-refractivity contribution in [1.29, 1.82) is 0 Å². The minimum atomic E-state index is -0.685. The molecular weight excluding hydrogens is 140 g/mol. The van der Waals surface area contributed by atoms with Gasteiger partial charge >= 0.3 is 0 Å². The molecule has 0 bridgehead atoms. The highest BCUT2D eigenvalue weighted by Crippen LogP contribution is 2.10. The third-order valence-electron chi connectivity index (χ3n) is 0.896. The molecule has 2 N–H and O–H groups in total. The van der Waals surface area contributed by atoms with Crippen LogP contribution in [0.5, 0.6) is 0 Å². The van der Waals surface area contributed by atoms with Crippen LogP contribution in [-0.2, 0) is 0 Å². The molecular formula is C4H6N2O2S. The third-order valence-corrected chi connectivity index (χ3v) is 1.25. The molecule has 0 amide bonds. The molecule has 0 aromatic heterocycles. The van der Waals surface area contributed by atoms with Gasteiger partial charge in [-0.05, 0) is 0 Å². The first kappa shape index (κ1) is 6.44. The topological polar surface area (TPSA) is 56.1 Å². The van der Waals surface area contributed by atoms with Gasteiger partial charge in [-0.1, -0.05) is 0 Å². The van der Waals surface area contributed by atoms with E-state index in [1.807, 2.05) is 0 Å². The Hall–Kier alpha value is -0.680. The molecule has 0 aliphatic carbocycles. The molecule has 0 saturated carbocycles. The van der Waals surface area contributed by atoms with E-state index in [-0.39, 0.29) is 5.88 Å². The number of nitrogens with zero attached hydrogens (tertiary/aromatic N) is 2. The fourth-order valence-electron chi connectivity index (χ4n) is 0.445. The second-order valence-corrected chi connectivity index (χ2v) is 1.98. The normalized spacial score (nSPS) is 26.2. The van der Waals surface area contributed by atoms with Crippen LogP contribution >= 0.6 is 12.6 Å². The summed E-state index contributed by atoms with van der Waals surface area (Å²) in [5, 5.41) is 18.1. The van der Waals surface area contributed by atoms with Gasteiger partial charge in [-0.2, -0.15) is 5.06 Å². The van der Waals surface area contributed by atoms with E-state index in [4.69, 9.17) is 10.3 Å². The lowest BCUT2D eigenvalue weighted by molar-refractivity contribution is -0.101. The fraction of sp³-hybridized carbons (Fsp3) is 0.250. The zero-order valence-corrected chi connectivity index (χ0v) is 5.36. The Morgan fingerprint density at radius 1 is 1.78 bits per heavy atom. The van der Waals surface area contributed by atoms with E-state index in [0.29, 0.717) is 5.06 Å². The molecule has 1 heterocycles. The lowest BCUT2D eigenvalue weighted by atomic mass is 10.5. The van der Waals surface area contributed by atoms with Crippen molar-refractivity contribution in [2.75, 3.05) is 0 Å². The van der Waals surface area contributed by atoms with Crippen molar-refractivity contribution in [3.05, 3.63) is 12.0 Å². The van der Waals surface area contributed by atoms with Gasteiger partial charge in [0.1, 0.15) is 0 Å². The van der Waals surface area contributed by atoms with Gasteiger partial charge in [-0.3, -0.25) is 10.2 Å². The maximum absolute atomic E-state index is 8.77. The maximum atomic E-state index is 8.77. The zero-order chi connectivity index (χ0) is 6.85. The first-order valence-electron chi connectivity index (χ1n) is 2.30. The highest BCUT2D eigenvalue weighted by atomic mass is 32.1. The van der Waals surface area contributed by atoms with Crippen LogP contribution in [-0.4, -0.2) is 27.1 Å². The van der Waals surface area contributed by atoms with Gasteiger partial charge in [0.15, 0.2) is 5.50 Å². The van der Waals surface area contributed by atoms with Crippen LogP contribution in [0, 0.1) is 0 Å². The summed E-state index contributed by atoms with van der Waals surface area (Å²) in [5.74, 6) is -0.245. The molecule has 0 radical (unpaired) electrons. The van der Waals surface area contributed by atoms with E-state index < -0.39 is 5.50 Å². The first-order valence-corrected chi connectivity index (χ1v) is 2.82. The molecule has 1 rings (SSSR count). The van der Waals surface area contributed by atoms with Crippen molar-refractivity contribution in [2.24, 2.45) is 4.99 Å². The van der Waals surface area contributed by atoms with Crippen LogP contribution in [0.2, 0.25) is 0 Å². The largest absolute Gasteiger partial charge is 0.493 e. The first-order chi connectivity index (χ1) is 4.22. The second-order valence-electron chi connectivity index (χ2n) is 1.51. The Kier molecular flexibility index (Phi) is 1.63. The summed E-state index contributed by atoms with van der Waals surface area (Å²) in [5.41, 5.74) is -0.685. The van der Waals surface area contributed by atoms with E-state index in [2.05, 4.69) is 17.6 Å². The Labute approximate surface area is 57.5 Å². The minimum absolute atomic E-state index is 0.245. The van der Waals surface area contributed by atoms with Crippen LogP contribution in [0.25, 0.3) is 0 Å². The Morgan fingerprint density at radius 2 is 2.44 bits per heavy atom. The van der Waals surface area contributed by atoms with Gasteiger partial charge in [0, 0.05) is 12.3 Å². The number of hydroxylamine groups is 2. The van der Waals surface area contributed by atoms with Gasteiger partial charge < -0.3 is 5.11 Å². The van der Waals surface area contributed by atoms with Crippen molar-refractivity contribution in [3.8, 4) is 0 Å². The van der Waals surface area contributed by atoms with Crippen LogP contribution < -0.4 is 0 Å². The average molecular weight is 146 g/mol. The van der Waals surface area contributed by atoms with Crippen LogP contribution in [0.15, 0.2) is 17.0 Å². The fourth-order valence-corrected chi connectivity index (χ4v) is 0.640. The van der Waals surface area contributed by atoms with E-state index in [0.717, 1.165) is 0 Å². The molecule has 9 heavy (non-hydrogen) atoms. The second kappa shape index (κ2) is 2.28. The highest BCUT2D eigenvalue weighted by molar-refractivity contribution is 7.80. The molecule has 5 heteroatoms. The van der Waals surface area contributed by atoms with Crippen LogP contribution in [0.4, 0.5) is 0 Å². The molecule has 0 aromatic rings. The molecule has 50 valence electrons. The smallest absolute Gasteiger partial charge is 0.215 e. The van der Waals surface area contributed by atoms with E-state index >= 15 is 0 Å². The van der Waals surface area contributed by atoms with Crippen LogP contribution in [0.3, 0.4) is 0 Å². The zero-order valence-electron chi connectivity index (χ0n) is 4.47. The maximum Gasteiger partial charge on any atom is 0.215 e. The SMILES string of the molecule is OC1=CC=NC(S)N1O. The van der Waals surface area contributed by atoms with Gasteiger partial charge in [0.2, 0.25) is 5.88 Å². The van der Waals surface area contributed by atoms with Gasteiger partial charge in [-0.15, -0.1) is 12.6 Å². The molecule has 0 fully saturated rings. The van der Waals surface area contributed by atoms with Crippen molar-refractivity contribution in [1.82, 2.24) is 5.06 Å². The van der Waals surface area contributed by atoms with Gasteiger partial charge in [-0.25, -0.2) is 0 Å². The lowest BCUT2D eigenvalue weighted by Crippen LogP contribution is -2.27. The molecule has 4 nitrogen and oxygen atoms in total. The number of thiol groups is 1. The minimum Gasteiger partial charge on any atom is -0.493 e. The average Bonchev–Trinajstić information content (AvgIpc) is 1.83. The Balaban J connectivity index is 2.73. The quantitative estimate of drug-likeness (QED) is 0.433. The number of allylic oxidation sites excluding steroid dienone is 1.